The molecule has 1 atom stereocenters. The van der Waals surface area contributed by atoms with Gasteiger partial charge in [0.15, 0.2) is 0 Å². The Hall–Kier alpha value is -0.550. The number of nitrogens with zero attached hydrogens (tertiary/aromatic N) is 1. The van der Waals surface area contributed by atoms with E-state index in [1.807, 2.05) is 13.8 Å². The molecule has 1 rings (SSSR count). The van der Waals surface area contributed by atoms with Crippen LogP contribution in [-0.2, 0) is 0 Å². The monoisotopic (exact) mass is 223 g/mol. The smallest absolute Gasteiger partial charge is 0.0830 e. The van der Waals surface area contributed by atoms with Crippen LogP contribution in [0.5, 0.6) is 0 Å². The van der Waals surface area contributed by atoms with E-state index in [0.717, 1.165) is 38.0 Å². The fourth-order valence-electron chi connectivity index (χ4n) is 2.92. The highest BCUT2D eigenvalue weighted by molar-refractivity contribution is 5.09. The summed E-state index contributed by atoms with van der Waals surface area (Å²) in [6.45, 7) is 6.12. The average molecular weight is 223 g/mol. The molecule has 1 fully saturated rings. The molecule has 0 aromatic rings. The topological polar surface area (TPSA) is 44.0 Å². The zero-order chi connectivity index (χ0) is 12.2. The summed E-state index contributed by atoms with van der Waals surface area (Å²) in [6, 6.07) is 2.34. The van der Waals surface area contributed by atoms with E-state index in [4.69, 9.17) is 0 Å². The van der Waals surface area contributed by atoms with Crippen LogP contribution in [0.4, 0.5) is 0 Å². The van der Waals surface area contributed by atoms with Crippen LogP contribution in [0.15, 0.2) is 0 Å². The summed E-state index contributed by atoms with van der Waals surface area (Å²) in [4.78, 5) is 0. The Balaban J connectivity index is 2.66. The van der Waals surface area contributed by atoms with Crippen molar-refractivity contribution in [2.24, 2.45) is 11.3 Å². The highest BCUT2D eigenvalue weighted by Crippen LogP contribution is 2.46. The van der Waals surface area contributed by atoms with Crippen molar-refractivity contribution in [3.05, 3.63) is 0 Å². The molecule has 0 radical (unpaired) electrons. The van der Waals surface area contributed by atoms with Crippen LogP contribution in [0.1, 0.15) is 65.7 Å². The fourth-order valence-corrected chi connectivity index (χ4v) is 2.92. The predicted octanol–water partition coefficient (Wildman–Crippen LogP) is 3.65. The lowest BCUT2D eigenvalue weighted by molar-refractivity contribution is -0.0859. The van der Waals surface area contributed by atoms with E-state index >= 15 is 0 Å². The van der Waals surface area contributed by atoms with Crippen molar-refractivity contribution in [3.8, 4) is 6.07 Å². The summed E-state index contributed by atoms with van der Waals surface area (Å²) in [5.74, 6) is 0.769. The van der Waals surface area contributed by atoms with Gasteiger partial charge in [-0.2, -0.15) is 5.26 Å². The minimum atomic E-state index is -0.749. The van der Waals surface area contributed by atoms with Gasteiger partial charge in [-0.25, -0.2) is 0 Å². The Labute approximate surface area is 99.7 Å². The van der Waals surface area contributed by atoms with Crippen LogP contribution in [-0.4, -0.2) is 10.7 Å². The molecule has 92 valence electrons. The first-order valence-corrected chi connectivity index (χ1v) is 6.65. The van der Waals surface area contributed by atoms with Crippen molar-refractivity contribution >= 4 is 0 Å². The standard InChI is InChI=1S/C14H25NO/c1-4-6-12-7-9-14(16,10-8-12)13(3,5-2)11-15/h12,16H,4-10H2,1-3H3. The summed E-state index contributed by atoms with van der Waals surface area (Å²) < 4.78 is 0. The van der Waals surface area contributed by atoms with Gasteiger partial charge >= 0.3 is 0 Å². The van der Waals surface area contributed by atoms with Crippen molar-refractivity contribution in [3.63, 3.8) is 0 Å². The molecule has 1 saturated carbocycles. The minimum absolute atomic E-state index is 0.565. The average Bonchev–Trinajstić information content (AvgIpc) is 2.31. The van der Waals surface area contributed by atoms with Crippen molar-refractivity contribution in [2.75, 3.05) is 0 Å². The van der Waals surface area contributed by atoms with Crippen LogP contribution in [0.25, 0.3) is 0 Å². The second-order valence-electron chi connectivity index (χ2n) is 5.56. The highest BCUT2D eigenvalue weighted by atomic mass is 16.3. The molecule has 2 heteroatoms. The Morgan fingerprint density at radius 1 is 1.38 bits per heavy atom. The normalized spacial score (nSPS) is 34.1. The largest absolute Gasteiger partial charge is 0.388 e. The minimum Gasteiger partial charge on any atom is -0.388 e. The third-order valence-corrected chi connectivity index (χ3v) is 4.61. The lowest BCUT2D eigenvalue weighted by atomic mass is 9.63. The first kappa shape index (κ1) is 13.5. The first-order chi connectivity index (χ1) is 7.51. The van der Waals surface area contributed by atoms with Gasteiger partial charge in [-0.1, -0.05) is 26.7 Å². The van der Waals surface area contributed by atoms with Gasteiger partial charge in [0.2, 0.25) is 0 Å². The third-order valence-electron chi connectivity index (χ3n) is 4.61. The number of nitriles is 1. The molecular formula is C14H25NO. The molecule has 0 amide bonds. The summed E-state index contributed by atoms with van der Waals surface area (Å²) >= 11 is 0. The van der Waals surface area contributed by atoms with E-state index in [-0.39, 0.29) is 0 Å². The Kier molecular flexibility index (Phi) is 4.38. The number of hydrogen-bond acceptors (Lipinski definition) is 2. The summed E-state index contributed by atoms with van der Waals surface area (Å²) in [6.07, 6.45) is 7.00. The molecule has 0 saturated heterocycles. The summed E-state index contributed by atoms with van der Waals surface area (Å²) in [7, 11) is 0. The van der Waals surface area contributed by atoms with Gasteiger partial charge in [0, 0.05) is 0 Å². The molecular weight excluding hydrogens is 198 g/mol. The van der Waals surface area contributed by atoms with Gasteiger partial charge < -0.3 is 5.11 Å². The van der Waals surface area contributed by atoms with E-state index in [1.54, 1.807) is 0 Å². The van der Waals surface area contributed by atoms with Crippen molar-refractivity contribution in [1.82, 2.24) is 0 Å². The molecule has 2 nitrogen and oxygen atoms in total. The molecule has 1 N–H and O–H groups in total. The number of aliphatic hydroxyl groups is 1. The highest BCUT2D eigenvalue weighted by Gasteiger charge is 2.47. The molecule has 0 bridgehead atoms. The Morgan fingerprint density at radius 2 is 1.94 bits per heavy atom. The second kappa shape index (κ2) is 5.19. The second-order valence-corrected chi connectivity index (χ2v) is 5.56. The van der Waals surface area contributed by atoms with Gasteiger partial charge in [0.1, 0.15) is 0 Å². The maximum Gasteiger partial charge on any atom is 0.0830 e. The maximum absolute atomic E-state index is 10.7. The molecule has 1 aliphatic rings. The zero-order valence-corrected chi connectivity index (χ0v) is 10.9. The van der Waals surface area contributed by atoms with Crippen LogP contribution in [0.2, 0.25) is 0 Å². The molecule has 1 aliphatic carbocycles. The van der Waals surface area contributed by atoms with E-state index < -0.39 is 11.0 Å². The van der Waals surface area contributed by atoms with Crippen molar-refractivity contribution in [2.45, 2.75) is 71.3 Å². The first-order valence-electron chi connectivity index (χ1n) is 6.65. The zero-order valence-electron chi connectivity index (χ0n) is 10.9. The van der Waals surface area contributed by atoms with Crippen LogP contribution in [0.3, 0.4) is 0 Å². The summed E-state index contributed by atoms with van der Waals surface area (Å²) in [5, 5.41) is 19.9. The lowest BCUT2D eigenvalue weighted by Crippen LogP contribution is -2.48. The molecule has 1 unspecified atom stereocenters. The Morgan fingerprint density at radius 3 is 2.31 bits per heavy atom. The third kappa shape index (κ3) is 2.40. The molecule has 0 spiro atoms. The quantitative estimate of drug-likeness (QED) is 0.790. The maximum atomic E-state index is 10.7. The van der Waals surface area contributed by atoms with Gasteiger partial charge in [0.05, 0.1) is 17.1 Å². The van der Waals surface area contributed by atoms with Crippen molar-refractivity contribution < 1.29 is 5.11 Å². The van der Waals surface area contributed by atoms with Crippen LogP contribution < -0.4 is 0 Å². The Bertz CT molecular complexity index is 260. The molecule has 0 aromatic carbocycles. The van der Waals surface area contributed by atoms with E-state index in [9.17, 15) is 10.4 Å². The van der Waals surface area contributed by atoms with Gasteiger partial charge in [-0.05, 0) is 44.9 Å². The lowest BCUT2D eigenvalue weighted by Gasteiger charge is -2.44. The molecule has 0 aliphatic heterocycles. The van der Waals surface area contributed by atoms with E-state index in [1.165, 1.54) is 12.8 Å². The van der Waals surface area contributed by atoms with Crippen LogP contribution in [0, 0.1) is 22.7 Å². The van der Waals surface area contributed by atoms with Crippen molar-refractivity contribution in [1.29, 1.82) is 5.26 Å². The SMILES string of the molecule is CCCC1CCC(O)(C(C)(C#N)CC)CC1. The number of hydrogen-bond donors (Lipinski definition) is 1. The molecule has 16 heavy (non-hydrogen) atoms. The van der Waals surface area contributed by atoms with Crippen LogP contribution >= 0.6 is 0 Å². The van der Waals surface area contributed by atoms with E-state index in [2.05, 4.69) is 13.0 Å². The van der Waals surface area contributed by atoms with Gasteiger partial charge in [-0.3, -0.25) is 0 Å². The van der Waals surface area contributed by atoms with Gasteiger partial charge in [0.25, 0.3) is 0 Å². The molecule has 0 heterocycles. The summed E-state index contributed by atoms with van der Waals surface area (Å²) in [5.41, 5.74) is -1.31. The fraction of sp³-hybridized carbons (Fsp3) is 0.929. The van der Waals surface area contributed by atoms with E-state index in [0.29, 0.717) is 0 Å². The number of rotatable bonds is 4. The predicted molar refractivity (Wildman–Crippen MR) is 65.8 cm³/mol. The van der Waals surface area contributed by atoms with Gasteiger partial charge in [-0.15, -0.1) is 0 Å². The molecule has 0 aromatic heterocycles.